The number of methoxy groups -OCH3 is 1. The van der Waals surface area contributed by atoms with Crippen molar-refractivity contribution < 1.29 is 18.9 Å². The largest absolute Gasteiger partial charge is 0.353 e. The normalized spacial score (nSPS) is 45.4. The van der Waals surface area contributed by atoms with Crippen LogP contribution < -0.4 is 0 Å². The lowest BCUT2D eigenvalue weighted by Crippen LogP contribution is -2.30. The van der Waals surface area contributed by atoms with Gasteiger partial charge in [-0.15, -0.1) is 0 Å². The highest BCUT2D eigenvalue weighted by atomic mass is 127. The molecule has 4 atom stereocenters. The Kier molecular flexibility index (Phi) is 3.05. The van der Waals surface area contributed by atoms with Crippen LogP contribution in [0.3, 0.4) is 0 Å². The van der Waals surface area contributed by atoms with Crippen molar-refractivity contribution in [1.82, 2.24) is 0 Å². The number of hydrogen-bond acceptors (Lipinski definition) is 4. The molecule has 5 heteroatoms. The second-order valence-corrected chi connectivity index (χ2v) is 4.88. The van der Waals surface area contributed by atoms with Crippen molar-refractivity contribution in [2.45, 2.75) is 44.2 Å². The van der Waals surface area contributed by atoms with Gasteiger partial charge in [-0.05, 0) is 13.8 Å². The molecule has 0 amide bonds. The van der Waals surface area contributed by atoms with Gasteiger partial charge in [-0.3, -0.25) is 0 Å². The van der Waals surface area contributed by atoms with Crippen LogP contribution >= 0.6 is 22.6 Å². The van der Waals surface area contributed by atoms with E-state index in [1.165, 1.54) is 0 Å². The van der Waals surface area contributed by atoms with Crippen LogP contribution in [0.4, 0.5) is 0 Å². The number of halogens is 1. The van der Waals surface area contributed by atoms with E-state index in [4.69, 9.17) is 18.9 Å². The molecule has 0 aliphatic carbocycles. The van der Waals surface area contributed by atoms with Crippen molar-refractivity contribution in [2.24, 2.45) is 0 Å². The monoisotopic (exact) mass is 314 g/mol. The molecule has 0 radical (unpaired) electrons. The summed E-state index contributed by atoms with van der Waals surface area (Å²) in [5, 5.41) is 0. The molecule has 4 nitrogen and oxygen atoms in total. The molecule has 2 aliphatic heterocycles. The van der Waals surface area contributed by atoms with E-state index in [9.17, 15) is 0 Å². The van der Waals surface area contributed by atoms with Gasteiger partial charge in [0.1, 0.15) is 12.2 Å². The second kappa shape index (κ2) is 3.86. The summed E-state index contributed by atoms with van der Waals surface area (Å²) in [5.74, 6) is -0.514. The molecule has 0 spiro atoms. The van der Waals surface area contributed by atoms with Crippen molar-refractivity contribution in [1.29, 1.82) is 0 Å². The molecule has 0 aromatic carbocycles. The number of hydrogen-bond donors (Lipinski definition) is 0. The summed E-state index contributed by atoms with van der Waals surface area (Å²) in [6.45, 7) is 3.84. The summed E-state index contributed by atoms with van der Waals surface area (Å²) in [5.41, 5.74) is 0. The van der Waals surface area contributed by atoms with Gasteiger partial charge in [-0.2, -0.15) is 0 Å². The predicted molar refractivity (Wildman–Crippen MR) is 58.4 cm³/mol. The molecule has 2 rings (SSSR count). The van der Waals surface area contributed by atoms with Gasteiger partial charge < -0.3 is 18.9 Å². The fraction of sp³-hybridized carbons (Fsp3) is 1.00. The highest BCUT2D eigenvalue weighted by molar-refractivity contribution is 14.1. The first kappa shape index (κ1) is 11.1. The maximum Gasteiger partial charge on any atom is 0.186 e. The van der Waals surface area contributed by atoms with Crippen molar-refractivity contribution in [3.8, 4) is 0 Å². The summed E-state index contributed by atoms with van der Waals surface area (Å²) in [6.07, 6.45) is -0.296. The van der Waals surface area contributed by atoms with Gasteiger partial charge in [0.05, 0.1) is 6.10 Å². The molecule has 2 saturated heterocycles. The maximum atomic E-state index is 5.78. The third-order valence-corrected chi connectivity index (χ3v) is 3.36. The quantitative estimate of drug-likeness (QED) is 0.569. The summed E-state index contributed by atoms with van der Waals surface area (Å²) in [7, 11) is 1.63. The van der Waals surface area contributed by atoms with Gasteiger partial charge in [0, 0.05) is 11.5 Å². The van der Waals surface area contributed by atoms with Crippen LogP contribution in [0.25, 0.3) is 0 Å². The first-order valence-corrected chi connectivity index (χ1v) is 6.20. The molecular formula is C9H15IO4. The van der Waals surface area contributed by atoms with Gasteiger partial charge in [0.2, 0.25) is 0 Å². The fourth-order valence-electron chi connectivity index (χ4n) is 1.96. The van der Waals surface area contributed by atoms with Crippen LogP contribution in [0.2, 0.25) is 0 Å². The molecule has 0 aromatic heterocycles. The second-order valence-electron chi connectivity index (χ2n) is 4.00. The van der Waals surface area contributed by atoms with E-state index in [1.807, 2.05) is 13.8 Å². The van der Waals surface area contributed by atoms with Crippen LogP contribution in [-0.2, 0) is 18.9 Å². The predicted octanol–water partition coefficient (Wildman–Crippen LogP) is 1.31. The Balaban J connectivity index is 2.12. The van der Waals surface area contributed by atoms with E-state index in [2.05, 4.69) is 22.6 Å². The Morgan fingerprint density at radius 1 is 1.29 bits per heavy atom. The van der Waals surface area contributed by atoms with E-state index in [1.54, 1.807) is 7.11 Å². The van der Waals surface area contributed by atoms with E-state index in [-0.39, 0.29) is 24.6 Å². The standard InChI is InChI=1S/C9H15IO4/c1-9(2)13-6-5(4-10)12-8(11-3)7(6)14-9/h5-8H,4H2,1-3H3/t5?,6-,7-,8?/m0/s1. The van der Waals surface area contributed by atoms with Gasteiger partial charge in [0.25, 0.3) is 0 Å². The Labute approximate surface area is 97.4 Å². The minimum absolute atomic E-state index is 0.00634. The Morgan fingerprint density at radius 2 is 1.93 bits per heavy atom. The zero-order chi connectivity index (χ0) is 10.3. The minimum atomic E-state index is -0.514. The lowest BCUT2D eigenvalue weighted by atomic mass is 10.2. The zero-order valence-corrected chi connectivity index (χ0v) is 10.7. The van der Waals surface area contributed by atoms with Gasteiger partial charge >= 0.3 is 0 Å². The van der Waals surface area contributed by atoms with E-state index < -0.39 is 5.79 Å². The molecule has 0 aromatic rings. The molecule has 2 unspecified atom stereocenters. The van der Waals surface area contributed by atoms with E-state index in [0.29, 0.717) is 0 Å². The zero-order valence-electron chi connectivity index (χ0n) is 8.53. The molecule has 2 fully saturated rings. The molecule has 0 bridgehead atoms. The molecule has 0 saturated carbocycles. The highest BCUT2D eigenvalue weighted by Crippen LogP contribution is 2.39. The Morgan fingerprint density at radius 3 is 2.50 bits per heavy atom. The lowest BCUT2D eigenvalue weighted by Gasteiger charge is -2.22. The first-order valence-electron chi connectivity index (χ1n) is 4.67. The molecule has 82 valence electrons. The summed E-state index contributed by atoms with van der Waals surface area (Å²) < 4.78 is 23.3. The first-order chi connectivity index (χ1) is 6.57. The fourth-order valence-corrected chi connectivity index (χ4v) is 2.67. The smallest absolute Gasteiger partial charge is 0.186 e. The van der Waals surface area contributed by atoms with Gasteiger partial charge in [-0.1, -0.05) is 22.6 Å². The summed E-state index contributed by atoms with van der Waals surface area (Å²) in [4.78, 5) is 0. The van der Waals surface area contributed by atoms with E-state index in [0.717, 1.165) is 4.43 Å². The summed E-state index contributed by atoms with van der Waals surface area (Å²) in [6, 6.07) is 0. The van der Waals surface area contributed by atoms with Crippen molar-refractivity contribution in [3.05, 3.63) is 0 Å². The molecule has 2 aliphatic rings. The number of rotatable bonds is 2. The van der Waals surface area contributed by atoms with Crippen LogP contribution in [0.1, 0.15) is 13.8 Å². The third kappa shape index (κ3) is 1.80. The van der Waals surface area contributed by atoms with Crippen LogP contribution in [0.5, 0.6) is 0 Å². The van der Waals surface area contributed by atoms with Crippen molar-refractivity contribution in [3.63, 3.8) is 0 Å². The molecular weight excluding hydrogens is 299 g/mol. The average molecular weight is 314 g/mol. The van der Waals surface area contributed by atoms with Gasteiger partial charge in [0.15, 0.2) is 12.1 Å². The van der Waals surface area contributed by atoms with Crippen LogP contribution in [0.15, 0.2) is 0 Å². The minimum Gasteiger partial charge on any atom is -0.353 e. The topological polar surface area (TPSA) is 36.9 Å². The Hall–Kier alpha value is 0.570. The number of alkyl halides is 1. The highest BCUT2D eigenvalue weighted by Gasteiger charge is 2.55. The van der Waals surface area contributed by atoms with Crippen LogP contribution in [-0.4, -0.2) is 41.9 Å². The van der Waals surface area contributed by atoms with Crippen molar-refractivity contribution >= 4 is 22.6 Å². The summed E-state index contributed by atoms with van der Waals surface area (Å²) >= 11 is 2.29. The molecule has 2 heterocycles. The SMILES string of the molecule is COC1OC(CI)[C@@H]2OC(C)(C)O[C@H]12. The van der Waals surface area contributed by atoms with Gasteiger partial charge in [-0.25, -0.2) is 0 Å². The lowest BCUT2D eigenvalue weighted by molar-refractivity contribution is -0.223. The maximum absolute atomic E-state index is 5.78. The number of fused-ring (bicyclic) bond motifs is 1. The number of ether oxygens (including phenoxy) is 4. The molecule has 14 heavy (non-hydrogen) atoms. The van der Waals surface area contributed by atoms with E-state index >= 15 is 0 Å². The third-order valence-electron chi connectivity index (χ3n) is 2.49. The van der Waals surface area contributed by atoms with Crippen molar-refractivity contribution in [2.75, 3.05) is 11.5 Å². The Bertz CT molecular complexity index is 201. The average Bonchev–Trinajstić information content (AvgIpc) is 2.57. The molecule has 0 N–H and O–H groups in total. The van der Waals surface area contributed by atoms with Crippen LogP contribution in [0, 0.1) is 0 Å².